The Morgan fingerprint density at radius 2 is 1.79 bits per heavy atom. The zero-order valence-electron chi connectivity index (χ0n) is 18.1. The third kappa shape index (κ3) is 4.45. The number of aryl methyl sites for hydroxylation is 1. The number of carbonyl (C=O) groups excluding carboxylic acids is 1. The molecule has 0 saturated heterocycles. The molecule has 4 rings (SSSR count). The van der Waals surface area contributed by atoms with Gasteiger partial charge in [-0.05, 0) is 54.3 Å². The third-order valence-electron chi connectivity index (χ3n) is 5.43. The standard InChI is InChI=1S/C25H21N3O5/c1-16-5-3-6-17-13-19(24(29)26-23(16)17)15-27(20-9-11-22(33-2)12-10-20)25(30)18-7-4-8-21(14-18)28(31)32/h3-14H,15H2,1-2H3,(H,26,29). The van der Waals surface area contributed by atoms with Crippen molar-refractivity contribution >= 4 is 28.2 Å². The van der Waals surface area contributed by atoms with Crippen LogP contribution in [0.1, 0.15) is 21.5 Å². The number of nitrogens with zero attached hydrogens (tertiary/aromatic N) is 2. The second-order valence-electron chi connectivity index (χ2n) is 7.56. The fraction of sp³-hybridized carbons (Fsp3) is 0.120. The number of carbonyl (C=O) groups is 1. The Morgan fingerprint density at radius 1 is 1.06 bits per heavy atom. The van der Waals surface area contributed by atoms with E-state index >= 15 is 0 Å². The molecule has 33 heavy (non-hydrogen) atoms. The number of anilines is 1. The first kappa shape index (κ1) is 21.8. The van der Waals surface area contributed by atoms with Gasteiger partial charge in [-0.25, -0.2) is 0 Å². The number of pyridine rings is 1. The molecule has 0 aliphatic rings. The summed E-state index contributed by atoms with van der Waals surface area (Å²) < 4.78 is 5.20. The van der Waals surface area contributed by atoms with E-state index in [1.807, 2.05) is 25.1 Å². The molecule has 1 heterocycles. The van der Waals surface area contributed by atoms with E-state index in [1.165, 1.54) is 36.3 Å². The van der Waals surface area contributed by atoms with E-state index in [1.54, 1.807) is 30.3 Å². The first-order valence-corrected chi connectivity index (χ1v) is 10.2. The van der Waals surface area contributed by atoms with Crippen molar-refractivity contribution in [3.8, 4) is 5.75 Å². The summed E-state index contributed by atoms with van der Waals surface area (Å²) in [6, 6.07) is 19.8. The lowest BCUT2D eigenvalue weighted by Crippen LogP contribution is -2.33. The molecule has 0 spiro atoms. The summed E-state index contributed by atoms with van der Waals surface area (Å²) in [5.41, 5.74) is 2.26. The molecular formula is C25H21N3O5. The summed E-state index contributed by atoms with van der Waals surface area (Å²) in [6.07, 6.45) is 0. The van der Waals surface area contributed by atoms with Crippen LogP contribution in [0.4, 0.5) is 11.4 Å². The van der Waals surface area contributed by atoms with Crippen LogP contribution in [-0.2, 0) is 6.54 Å². The summed E-state index contributed by atoms with van der Waals surface area (Å²) >= 11 is 0. The summed E-state index contributed by atoms with van der Waals surface area (Å²) in [7, 11) is 1.54. The Bertz CT molecular complexity index is 1410. The first-order chi connectivity index (χ1) is 15.9. The number of benzene rings is 3. The van der Waals surface area contributed by atoms with Gasteiger partial charge in [0.05, 0.1) is 24.1 Å². The molecule has 0 aliphatic heterocycles. The highest BCUT2D eigenvalue weighted by Gasteiger charge is 2.22. The number of non-ortho nitro benzene ring substituents is 1. The van der Waals surface area contributed by atoms with Crippen LogP contribution in [0.15, 0.2) is 77.6 Å². The van der Waals surface area contributed by atoms with Crippen LogP contribution in [0.3, 0.4) is 0 Å². The van der Waals surface area contributed by atoms with Crippen molar-refractivity contribution in [3.63, 3.8) is 0 Å². The van der Waals surface area contributed by atoms with E-state index < -0.39 is 10.8 Å². The van der Waals surface area contributed by atoms with Crippen LogP contribution in [0.5, 0.6) is 5.75 Å². The number of methoxy groups -OCH3 is 1. The average Bonchev–Trinajstić information content (AvgIpc) is 2.83. The van der Waals surface area contributed by atoms with Crippen LogP contribution in [0.2, 0.25) is 0 Å². The van der Waals surface area contributed by atoms with Crippen LogP contribution in [0.25, 0.3) is 10.9 Å². The lowest BCUT2D eigenvalue weighted by molar-refractivity contribution is -0.384. The minimum absolute atomic E-state index is 0.0208. The quantitative estimate of drug-likeness (QED) is 0.346. The topological polar surface area (TPSA) is 106 Å². The number of H-pyrrole nitrogens is 1. The van der Waals surface area contributed by atoms with Gasteiger partial charge in [-0.2, -0.15) is 0 Å². The number of aromatic nitrogens is 1. The molecular weight excluding hydrogens is 422 g/mol. The molecule has 3 aromatic carbocycles. The molecule has 1 N–H and O–H groups in total. The maximum absolute atomic E-state index is 13.5. The van der Waals surface area contributed by atoms with Crippen LogP contribution in [-0.4, -0.2) is 22.9 Å². The van der Waals surface area contributed by atoms with Crippen LogP contribution < -0.4 is 15.2 Å². The molecule has 1 amide bonds. The van der Waals surface area contributed by atoms with Crippen molar-refractivity contribution in [2.75, 3.05) is 12.0 Å². The maximum atomic E-state index is 13.5. The highest BCUT2D eigenvalue weighted by molar-refractivity contribution is 6.06. The van der Waals surface area contributed by atoms with Gasteiger partial charge in [0.15, 0.2) is 0 Å². The van der Waals surface area contributed by atoms with Gasteiger partial charge in [0.1, 0.15) is 5.75 Å². The van der Waals surface area contributed by atoms with E-state index in [4.69, 9.17) is 4.74 Å². The molecule has 0 saturated carbocycles. The average molecular weight is 443 g/mol. The summed E-state index contributed by atoms with van der Waals surface area (Å²) in [4.78, 5) is 41.3. The van der Waals surface area contributed by atoms with Gasteiger partial charge >= 0.3 is 0 Å². The summed E-state index contributed by atoms with van der Waals surface area (Å²) in [6.45, 7) is 1.89. The number of fused-ring (bicyclic) bond motifs is 1. The molecule has 1 aromatic heterocycles. The normalized spacial score (nSPS) is 10.7. The van der Waals surface area contributed by atoms with Crippen molar-refractivity contribution in [1.82, 2.24) is 4.98 Å². The number of nitro benzene ring substituents is 1. The number of nitrogens with one attached hydrogen (secondary N) is 1. The van der Waals surface area contributed by atoms with Crippen molar-refractivity contribution in [2.45, 2.75) is 13.5 Å². The summed E-state index contributed by atoms with van der Waals surface area (Å²) in [5.74, 6) is 0.146. The fourth-order valence-electron chi connectivity index (χ4n) is 3.67. The minimum atomic E-state index is -0.551. The monoisotopic (exact) mass is 443 g/mol. The number of aromatic amines is 1. The van der Waals surface area contributed by atoms with E-state index in [0.717, 1.165) is 16.5 Å². The molecule has 0 fully saturated rings. The number of rotatable bonds is 6. The highest BCUT2D eigenvalue weighted by atomic mass is 16.6. The second kappa shape index (κ2) is 8.96. The molecule has 0 bridgehead atoms. The smallest absolute Gasteiger partial charge is 0.270 e. The number of nitro groups is 1. The zero-order valence-corrected chi connectivity index (χ0v) is 18.1. The maximum Gasteiger partial charge on any atom is 0.270 e. The number of hydrogen-bond acceptors (Lipinski definition) is 5. The van der Waals surface area contributed by atoms with Gasteiger partial charge in [0, 0.05) is 28.9 Å². The van der Waals surface area contributed by atoms with E-state index in [9.17, 15) is 19.7 Å². The zero-order chi connectivity index (χ0) is 23.5. The predicted molar refractivity (Wildman–Crippen MR) is 126 cm³/mol. The first-order valence-electron chi connectivity index (χ1n) is 10.2. The number of hydrogen-bond donors (Lipinski definition) is 1. The fourth-order valence-corrected chi connectivity index (χ4v) is 3.67. The van der Waals surface area contributed by atoms with E-state index in [-0.39, 0.29) is 23.4 Å². The number of ether oxygens (including phenoxy) is 1. The predicted octanol–water partition coefficient (Wildman–Crippen LogP) is 4.60. The van der Waals surface area contributed by atoms with Crippen molar-refractivity contribution in [3.05, 3.63) is 110 Å². The SMILES string of the molecule is COc1ccc(N(Cc2cc3cccc(C)c3[nH]c2=O)C(=O)c2cccc([N+](=O)[O-])c2)cc1. The van der Waals surface area contributed by atoms with Gasteiger partial charge < -0.3 is 14.6 Å². The Kier molecular flexibility index (Phi) is 5.91. The highest BCUT2D eigenvalue weighted by Crippen LogP contribution is 2.25. The van der Waals surface area contributed by atoms with Gasteiger partial charge in [-0.3, -0.25) is 19.7 Å². The van der Waals surface area contributed by atoms with Gasteiger partial charge in [0.25, 0.3) is 17.2 Å². The molecule has 0 radical (unpaired) electrons. The Hall–Kier alpha value is -4.46. The minimum Gasteiger partial charge on any atom is -0.497 e. The van der Waals surface area contributed by atoms with E-state index in [2.05, 4.69) is 4.98 Å². The Morgan fingerprint density at radius 3 is 2.48 bits per heavy atom. The summed E-state index contributed by atoms with van der Waals surface area (Å²) in [5, 5.41) is 12.0. The Balaban J connectivity index is 1.79. The van der Waals surface area contributed by atoms with Crippen LogP contribution >= 0.6 is 0 Å². The van der Waals surface area contributed by atoms with Gasteiger partial charge in [0.2, 0.25) is 0 Å². The molecule has 4 aromatic rings. The lowest BCUT2D eigenvalue weighted by Gasteiger charge is -2.23. The van der Waals surface area contributed by atoms with Gasteiger partial charge in [-0.15, -0.1) is 0 Å². The molecule has 0 aliphatic carbocycles. The third-order valence-corrected chi connectivity index (χ3v) is 5.43. The van der Waals surface area contributed by atoms with Crippen molar-refractivity contribution in [1.29, 1.82) is 0 Å². The van der Waals surface area contributed by atoms with Crippen LogP contribution in [0, 0.1) is 17.0 Å². The largest absolute Gasteiger partial charge is 0.497 e. The molecule has 0 unspecified atom stereocenters. The lowest BCUT2D eigenvalue weighted by atomic mass is 10.1. The second-order valence-corrected chi connectivity index (χ2v) is 7.56. The van der Waals surface area contributed by atoms with Crippen molar-refractivity contribution in [2.24, 2.45) is 0 Å². The molecule has 0 atom stereocenters. The number of para-hydroxylation sites is 1. The van der Waals surface area contributed by atoms with E-state index in [0.29, 0.717) is 17.0 Å². The van der Waals surface area contributed by atoms with Gasteiger partial charge in [-0.1, -0.05) is 24.3 Å². The number of amides is 1. The van der Waals surface area contributed by atoms with Crippen molar-refractivity contribution < 1.29 is 14.5 Å². The molecule has 166 valence electrons. The Labute approximate surface area is 189 Å². The molecule has 8 heteroatoms. The molecule has 8 nitrogen and oxygen atoms in total.